The average Bonchev–Trinajstić information content (AvgIpc) is 3.45. The normalized spacial score (nSPS) is 13.8. The number of benzene rings is 1. The largest absolute Gasteiger partial charge is 0.351 e. The van der Waals surface area contributed by atoms with Crippen molar-refractivity contribution in [1.29, 1.82) is 0 Å². The molecule has 1 fully saturated rings. The molecule has 0 saturated heterocycles. The van der Waals surface area contributed by atoms with Crippen LogP contribution in [0.3, 0.4) is 0 Å². The van der Waals surface area contributed by atoms with E-state index in [9.17, 15) is 4.39 Å². The zero-order chi connectivity index (χ0) is 19.1. The summed E-state index contributed by atoms with van der Waals surface area (Å²) in [5.41, 5.74) is 5.37. The molecule has 0 aliphatic heterocycles. The molecule has 0 bridgehead atoms. The van der Waals surface area contributed by atoms with Crippen LogP contribution in [0.1, 0.15) is 25.3 Å². The van der Waals surface area contributed by atoms with E-state index in [0.717, 1.165) is 47.6 Å². The van der Waals surface area contributed by atoms with Gasteiger partial charge >= 0.3 is 0 Å². The number of aromatic nitrogens is 4. The van der Waals surface area contributed by atoms with Crippen LogP contribution < -0.4 is 5.32 Å². The molecule has 6 heteroatoms. The summed E-state index contributed by atoms with van der Waals surface area (Å²) in [7, 11) is 0. The lowest BCUT2D eigenvalue weighted by molar-refractivity contribution is 0.628. The second kappa shape index (κ2) is 6.71. The number of anilines is 1. The quantitative estimate of drug-likeness (QED) is 0.549. The third kappa shape index (κ3) is 3.11. The molecule has 5 rings (SSSR count). The van der Waals surface area contributed by atoms with Gasteiger partial charge in [0, 0.05) is 24.0 Å². The second-order valence-corrected chi connectivity index (χ2v) is 7.12. The van der Waals surface area contributed by atoms with Gasteiger partial charge in [-0.1, -0.05) is 6.92 Å². The topological polar surface area (TPSA) is 55.1 Å². The number of aryl methyl sites for hydroxylation is 1. The van der Waals surface area contributed by atoms with Crippen molar-refractivity contribution in [3.8, 4) is 22.6 Å². The summed E-state index contributed by atoms with van der Waals surface area (Å²) in [5.74, 6) is 0.366. The molecule has 1 saturated carbocycles. The van der Waals surface area contributed by atoms with Crippen molar-refractivity contribution in [2.75, 3.05) is 5.32 Å². The number of rotatable bonds is 5. The molecule has 3 aromatic heterocycles. The number of nitrogens with zero attached hydrogens (tertiary/aromatic N) is 4. The first kappa shape index (κ1) is 16.9. The van der Waals surface area contributed by atoms with E-state index in [2.05, 4.69) is 29.4 Å². The zero-order valence-electron chi connectivity index (χ0n) is 15.6. The molecule has 3 heterocycles. The van der Waals surface area contributed by atoms with E-state index in [1.807, 2.05) is 16.7 Å². The Balaban J connectivity index is 1.71. The van der Waals surface area contributed by atoms with Crippen molar-refractivity contribution in [2.45, 2.75) is 32.2 Å². The second-order valence-electron chi connectivity index (χ2n) is 7.12. The predicted octanol–water partition coefficient (Wildman–Crippen LogP) is 4.73. The van der Waals surface area contributed by atoms with E-state index in [1.165, 1.54) is 17.7 Å². The van der Waals surface area contributed by atoms with Crippen LogP contribution in [-0.2, 0) is 6.42 Å². The highest BCUT2D eigenvalue weighted by Crippen LogP contribution is 2.33. The molecule has 1 N–H and O–H groups in total. The molecule has 0 unspecified atom stereocenters. The first-order chi connectivity index (χ1) is 13.7. The Hall–Kier alpha value is -3.28. The van der Waals surface area contributed by atoms with Crippen LogP contribution in [0.15, 0.2) is 54.9 Å². The van der Waals surface area contributed by atoms with Gasteiger partial charge in [0.2, 0.25) is 5.95 Å². The molecule has 1 aromatic carbocycles. The summed E-state index contributed by atoms with van der Waals surface area (Å²) < 4.78 is 15.5. The first-order valence-electron chi connectivity index (χ1n) is 9.58. The smallest absolute Gasteiger partial charge is 0.223 e. The van der Waals surface area contributed by atoms with Crippen LogP contribution in [-0.4, -0.2) is 25.4 Å². The van der Waals surface area contributed by atoms with E-state index in [0.29, 0.717) is 12.0 Å². The van der Waals surface area contributed by atoms with Gasteiger partial charge in [-0.2, -0.15) is 0 Å². The van der Waals surface area contributed by atoms with Gasteiger partial charge in [0.05, 0.1) is 17.1 Å². The van der Waals surface area contributed by atoms with E-state index < -0.39 is 0 Å². The van der Waals surface area contributed by atoms with Gasteiger partial charge < -0.3 is 5.32 Å². The predicted molar refractivity (Wildman–Crippen MR) is 108 cm³/mol. The Labute approximate surface area is 162 Å². The molecule has 1 aliphatic carbocycles. The van der Waals surface area contributed by atoms with Gasteiger partial charge in [-0.25, -0.2) is 19.3 Å². The summed E-state index contributed by atoms with van der Waals surface area (Å²) in [5, 5.41) is 3.35. The Morgan fingerprint density at radius 2 is 1.93 bits per heavy atom. The van der Waals surface area contributed by atoms with Crippen molar-refractivity contribution in [3.63, 3.8) is 0 Å². The minimum absolute atomic E-state index is 0.264. The first-order valence-corrected chi connectivity index (χ1v) is 9.58. The third-order valence-electron chi connectivity index (χ3n) is 5.03. The van der Waals surface area contributed by atoms with Gasteiger partial charge in [-0.3, -0.25) is 4.40 Å². The van der Waals surface area contributed by atoms with E-state index >= 15 is 0 Å². The fourth-order valence-electron chi connectivity index (χ4n) is 3.33. The molecule has 0 spiro atoms. The van der Waals surface area contributed by atoms with Crippen LogP contribution in [0.4, 0.5) is 10.3 Å². The standard InChI is InChI=1S/C22H20FN5/c1-2-14-10-12-28-19(13-14)27-20(15-3-5-16(23)6-4-15)21(28)18-9-11-24-22(26-18)25-17-7-8-17/h3-6,9-13,17H,2,7-8H2,1H3,(H,24,25,26). The third-order valence-corrected chi connectivity index (χ3v) is 5.03. The molecular formula is C22H20FN5. The molecule has 4 aromatic rings. The van der Waals surface area contributed by atoms with Crippen LogP contribution in [0.5, 0.6) is 0 Å². The van der Waals surface area contributed by atoms with E-state index in [-0.39, 0.29) is 5.82 Å². The maximum atomic E-state index is 13.5. The summed E-state index contributed by atoms with van der Waals surface area (Å²) >= 11 is 0. The maximum Gasteiger partial charge on any atom is 0.223 e. The Kier molecular flexibility index (Phi) is 4.04. The van der Waals surface area contributed by atoms with Crippen LogP contribution >= 0.6 is 0 Å². The Bertz CT molecular complexity index is 1150. The van der Waals surface area contributed by atoms with Crippen molar-refractivity contribution in [2.24, 2.45) is 0 Å². The number of pyridine rings is 1. The van der Waals surface area contributed by atoms with Gasteiger partial charge in [-0.15, -0.1) is 0 Å². The molecular weight excluding hydrogens is 353 g/mol. The SMILES string of the molecule is CCc1ccn2c(-c3ccnc(NC4CC4)n3)c(-c3ccc(F)cc3)nc2c1. The number of imidazole rings is 1. The van der Waals surface area contributed by atoms with E-state index in [1.54, 1.807) is 18.3 Å². The minimum Gasteiger partial charge on any atom is -0.351 e. The molecule has 5 nitrogen and oxygen atoms in total. The average molecular weight is 373 g/mol. The lowest BCUT2D eigenvalue weighted by atomic mass is 10.1. The number of hydrogen-bond donors (Lipinski definition) is 1. The van der Waals surface area contributed by atoms with Gasteiger partial charge in [-0.05, 0) is 67.3 Å². The summed E-state index contributed by atoms with van der Waals surface area (Å²) in [6.07, 6.45) is 7.04. The monoisotopic (exact) mass is 373 g/mol. The fourth-order valence-corrected chi connectivity index (χ4v) is 3.33. The van der Waals surface area contributed by atoms with Gasteiger partial charge in [0.15, 0.2) is 0 Å². The van der Waals surface area contributed by atoms with Gasteiger partial charge in [0.1, 0.15) is 11.5 Å². The highest BCUT2D eigenvalue weighted by molar-refractivity contribution is 5.80. The lowest BCUT2D eigenvalue weighted by Crippen LogP contribution is -2.06. The Morgan fingerprint density at radius 3 is 2.68 bits per heavy atom. The van der Waals surface area contributed by atoms with E-state index in [4.69, 9.17) is 9.97 Å². The molecule has 0 amide bonds. The number of nitrogens with one attached hydrogen (secondary N) is 1. The Morgan fingerprint density at radius 1 is 1.11 bits per heavy atom. The van der Waals surface area contributed by atoms with Crippen molar-refractivity contribution >= 4 is 11.6 Å². The van der Waals surface area contributed by atoms with Crippen LogP contribution in [0, 0.1) is 5.82 Å². The highest BCUT2D eigenvalue weighted by atomic mass is 19.1. The number of hydrogen-bond acceptors (Lipinski definition) is 4. The minimum atomic E-state index is -0.264. The van der Waals surface area contributed by atoms with Crippen molar-refractivity contribution < 1.29 is 4.39 Å². The van der Waals surface area contributed by atoms with Crippen molar-refractivity contribution in [1.82, 2.24) is 19.4 Å². The zero-order valence-corrected chi connectivity index (χ0v) is 15.6. The molecule has 28 heavy (non-hydrogen) atoms. The van der Waals surface area contributed by atoms with Crippen LogP contribution in [0.25, 0.3) is 28.3 Å². The van der Waals surface area contributed by atoms with Gasteiger partial charge in [0.25, 0.3) is 0 Å². The molecule has 0 atom stereocenters. The summed E-state index contributed by atoms with van der Waals surface area (Å²) in [4.78, 5) is 13.9. The number of halogens is 1. The summed E-state index contributed by atoms with van der Waals surface area (Å²) in [6.45, 7) is 2.12. The van der Waals surface area contributed by atoms with Crippen molar-refractivity contribution in [3.05, 3.63) is 66.2 Å². The molecule has 140 valence electrons. The van der Waals surface area contributed by atoms with Crippen LogP contribution in [0.2, 0.25) is 0 Å². The number of fused-ring (bicyclic) bond motifs is 1. The lowest BCUT2D eigenvalue weighted by Gasteiger charge is -2.08. The fraction of sp³-hybridized carbons (Fsp3) is 0.227. The molecule has 1 aliphatic rings. The highest BCUT2D eigenvalue weighted by Gasteiger charge is 2.23. The maximum absolute atomic E-state index is 13.5. The molecule has 0 radical (unpaired) electrons. The summed E-state index contributed by atoms with van der Waals surface area (Å²) in [6, 6.07) is 13.0.